The van der Waals surface area contributed by atoms with Crippen LogP contribution in [0.25, 0.3) is 0 Å². The van der Waals surface area contributed by atoms with Crippen molar-refractivity contribution >= 4 is 40.0 Å². The predicted octanol–water partition coefficient (Wildman–Crippen LogP) is 0.196. The van der Waals surface area contributed by atoms with E-state index in [2.05, 4.69) is 25.3 Å². The lowest BCUT2D eigenvalue weighted by Crippen LogP contribution is -2.42. The molecule has 0 unspecified atom stereocenters. The highest BCUT2D eigenvalue weighted by Crippen LogP contribution is 2.04. The van der Waals surface area contributed by atoms with E-state index in [0.29, 0.717) is 38.9 Å². The number of ether oxygens (including phenoxy) is 2. The largest absolute Gasteiger partial charge is 0.382 e. The Hall–Kier alpha value is -1.02. The van der Waals surface area contributed by atoms with E-state index in [-0.39, 0.29) is 35.4 Å². The first kappa shape index (κ1) is 25.0. The van der Waals surface area contributed by atoms with Gasteiger partial charge in [-0.2, -0.15) is 0 Å². The predicted molar refractivity (Wildman–Crippen MR) is 112 cm³/mol. The number of nitrogens with one attached hydrogen (secondary N) is 3. The lowest BCUT2D eigenvalue weighted by Gasteiger charge is -2.12. The molecule has 0 amide bonds. The third-order valence-electron chi connectivity index (χ3n) is 3.07. The number of sulfonamides is 1. The fourth-order valence-corrected chi connectivity index (χ4v) is 2.80. The highest BCUT2D eigenvalue weighted by Gasteiger charge is 2.12. The number of hydrogen-bond acceptors (Lipinski definition) is 6. The molecule has 11 heteroatoms. The Bertz CT molecular complexity index is 601. The summed E-state index contributed by atoms with van der Waals surface area (Å²) in [6.07, 6.45) is 3.67. The van der Waals surface area contributed by atoms with Gasteiger partial charge in [-0.15, -0.1) is 24.0 Å². The minimum absolute atomic E-state index is 0. The zero-order valence-electron chi connectivity index (χ0n) is 15.1. The van der Waals surface area contributed by atoms with E-state index in [9.17, 15) is 8.42 Å². The number of halogens is 1. The molecule has 0 aliphatic carbocycles. The van der Waals surface area contributed by atoms with Gasteiger partial charge >= 0.3 is 0 Å². The van der Waals surface area contributed by atoms with E-state index in [1.54, 1.807) is 20.2 Å². The summed E-state index contributed by atoms with van der Waals surface area (Å²) in [5.41, 5.74) is 0. The highest BCUT2D eigenvalue weighted by molar-refractivity contribution is 14.0. The fourth-order valence-electron chi connectivity index (χ4n) is 1.80. The quantitative estimate of drug-likeness (QED) is 0.162. The summed E-state index contributed by atoms with van der Waals surface area (Å²) in [6.45, 7) is 3.15. The minimum Gasteiger partial charge on any atom is -0.382 e. The summed E-state index contributed by atoms with van der Waals surface area (Å²) < 4.78 is 36.8. The van der Waals surface area contributed by atoms with Crippen molar-refractivity contribution in [3.63, 3.8) is 0 Å². The average Bonchev–Trinajstić information content (AvgIpc) is 2.63. The molecule has 0 aliphatic rings. The summed E-state index contributed by atoms with van der Waals surface area (Å²) in [5.74, 6) is 0.609. The summed E-state index contributed by atoms with van der Waals surface area (Å²) in [6, 6.07) is 3.08. The van der Waals surface area contributed by atoms with Gasteiger partial charge in [-0.3, -0.25) is 9.98 Å². The monoisotopic (exact) mass is 501 g/mol. The molecule has 0 radical (unpaired) electrons. The minimum atomic E-state index is -3.54. The van der Waals surface area contributed by atoms with Gasteiger partial charge < -0.3 is 20.1 Å². The molecule has 0 saturated heterocycles. The van der Waals surface area contributed by atoms with E-state index in [1.165, 1.54) is 18.5 Å². The van der Waals surface area contributed by atoms with Gasteiger partial charge in [-0.1, -0.05) is 0 Å². The number of methoxy groups -OCH3 is 1. The van der Waals surface area contributed by atoms with Crippen LogP contribution in [0, 0.1) is 0 Å². The van der Waals surface area contributed by atoms with Gasteiger partial charge in [0.05, 0.1) is 13.2 Å². The lowest BCUT2D eigenvalue weighted by atomic mass is 10.4. The summed E-state index contributed by atoms with van der Waals surface area (Å²) in [4.78, 5) is 8.02. The summed E-state index contributed by atoms with van der Waals surface area (Å²) >= 11 is 0. The molecule has 3 N–H and O–H groups in total. The second kappa shape index (κ2) is 15.1. The zero-order chi connectivity index (χ0) is 18.4. The van der Waals surface area contributed by atoms with Gasteiger partial charge in [-0.05, 0) is 18.6 Å². The van der Waals surface area contributed by atoms with E-state index in [0.717, 1.165) is 6.42 Å². The third kappa shape index (κ3) is 10.9. The molecule has 1 aromatic rings. The molecule has 1 rings (SSSR count). The number of guanidine groups is 1. The van der Waals surface area contributed by atoms with Crippen LogP contribution in [0.1, 0.15) is 6.42 Å². The first-order valence-electron chi connectivity index (χ1n) is 8.01. The van der Waals surface area contributed by atoms with Crippen LogP contribution >= 0.6 is 24.0 Å². The van der Waals surface area contributed by atoms with Gasteiger partial charge in [0.15, 0.2) is 5.96 Å². The standard InChI is InChI=1S/C15H27N5O4S.HI/c1-16-15(18-7-4-10-24-12-11-23-2)19-8-9-20-25(21,22)14-5-3-6-17-13-14;/h3,5-6,13,20H,4,7-12H2,1-2H3,(H2,16,18,19);1H. The van der Waals surface area contributed by atoms with E-state index >= 15 is 0 Å². The van der Waals surface area contributed by atoms with Gasteiger partial charge in [0.25, 0.3) is 0 Å². The molecule has 1 heterocycles. The van der Waals surface area contributed by atoms with Crippen LogP contribution in [0.4, 0.5) is 0 Å². The molecular weight excluding hydrogens is 473 g/mol. The van der Waals surface area contributed by atoms with Crippen molar-refractivity contribution in [1.82, 2.24) is 20.3 Å². The molecule has 1 aromatic heterocycles. The smallest absolute Gasteiger partial charge is 0.242 e. The Morgan fingerprint density at radius 3 is 2.62 bits per heavy atom. The van der Waals surface area contributed by atoms with Gasteiger partial charge in [-0.25, -0.2) is 13.1 Å². The van der Waals surface area contributed by atoms with Crippen LogP contribution in [0.15, 0.2) is 34.4 Å². The van der Waals surface area contributed by atoms with Crippen LogP contribution in [-0.2, 0) is 19.5 Å². The van der Waals surface area contributed by atoms with E-state index in [4.69, 9.17) is 9.47 Å². The van der Waals surface area contributed by atoms with Crippen LogP contribution in [0.3, 0.4) is 0 Å². The molecule has 0 bridgehead atoms. The number of nitrogens with zero attached hydrogens (tertiary/aromatic N) is 2. The fraction of sp³-hybridized carbons (Fsp3) is 0.600. The molecular formula is C15H28IN5O4S. The van der Waals surface area contributed by atoms with Crippen molar-refractivity contribution in [3.05, 3.63) is 24.5 Å². The van der Waals surface area contributed by atoms with Crippen molar-refractivity contribution in [2.24, 2.45) is 4.99 Å². The number of hydrogen-bond donors (Lipinski definition) is 3. The van der Waals surface area contributed by atoms with E-state index in [1.807, 2.05) is 0 Å². The van der Waals surface area contributed by atoms with Crippen molar-refractivity contribution in [3.8, 4) is 0 Å². The molecule has 0 atom stereocenters. The highest BCUT2D eigenvalue weighted by atomic mass is 127. The van der Waals surface area contributed by atoms with E-state index < -0.39 is 10.0 Å². The Kier molecular flexibility index (Phi) is 14.5. The average molecular weight is 501 g/mol. The molecule has 0 aromatic carbocycles. The zero-order valence-corrected chi connectivity index (χ0v) is 18.2. The first-order chi connectivity index (χ1) is 12.1. The Morgan fingerprint density at radius 2 is 1.96 bits per heavy atom. The van der Waals surface area contributed by atoms with Crippen molar-refractivity contribution in [1.29, 1.82) is 0 Å². The first-order valence-corrected chi connectivity index (χ1v) is 9.49. The van der Waals surface area contributed by atoms with Gasteiger partial charge in [0.1, 0.15) is 4.90 Å². The van der Waals surface area contributed by atoms with Crippen LogP contribution < -0.4 is 15.4 Å². The molecule has 0 spiro atoms. The maximum Gasteiger partial charge on any atom is 0.242 e. The second-order valence-corrected chi connectivity index (χ2v) is 6.74. The van der Waals surface area contributed by atoms with Crippen LogP contribution in [0.2, 0.25) is 0 Å². The molecule has 150 valence electrons. The molecule has 9 nitrogen and oxygen atoms in total. The summed E-state index contributed by atoms with van der Waals surface area (Å²) in [5, 5.41) is 6.17. The normalized spacial score (nSPS) is 11.7. The lowest BCUT2D eigenvalue weighted by molar-refractivity contribution is 0.0698. The maximum atomic E-state index is 12.0. The maximum absolute atomic E-state index is 12.0. The number of rotatable bonds is 12. The second-order valence-electron chi connectivity index (χ2n) is 4.97. The van der Waals surface area contributed by atoms with Crippen molar-refractivity contribution in [2.45, 2.75) is 11.3 Å². The SMILES string of the molecule is CN=C(NCCCOCCOC)NCCNS(=O)(=O)c1cccnc1.I. The van der Waals surface area contributed by atoms with Crippen LogP contribution in [0.5, 0.6) is 0 Å². The van der Waals surface area contributed by atoms with Crippen LogP contribution in [-0.4, -0.2) is 73.0 Å². The number of aliphatic imine (C=N–C) groups is 1. The molecule has 0 aliphatic heterocycles. The molecule has 26 heavy (non-hydrogen) atoms. The topological polar surface area (TPSA) is 114 Å². The Balaban J connectivity index is 0.00000625. The summed E-state index contributed by atoms with van der Waals surface area (Å²) in [7, 11) is -0.243. The van der Waals surface area contributed by atoms with Crippen molar-refractivity contribution in [2.75, 3.05) is 53.6 Å². The van der Waals surface area contributed by atoms with Crippen molar-refractivity contribution < 1.29 is 17.9 Å². The Labute approximate surface area is 172 Å². The third-order valence-corrected chi connectivity index (χ3v) is 4.51. The number of aromatic nitrogens is 1. The number of pyridine rings is 1. The molecule has 0 fully saturated rings. The molecule has 0 saturated carbocycles. The van der Waals surface area contributed by atoms with Gasteiger partial charge in [0, 0.05) is 52.8 Å². The van der Waals surface area contributed by atoms with Gasteiger partial charge in [0.2, 0.25) is 10.0 Å². The Morgan fingerprint density at radius 1 is 1.19 bits per heavy atom.